The van der Waals surface area contributed by atoms with Gasteiger partial charge >= 0.3 is 0 Å². The molecule has 1 rings (SSSR count). The van der Waals surface area contributed by atoms with Gasteiger partial charge in [0.25, 0.3) is 11.4 Å². The molecule has 0 aromatic heterocycles. The zero-order chi connectivity index (χ0) is 25.4. The number of nitrogens with zero attached hydrogens (tertiary/aromatic N) is 2. The summed E-state index contributed by atoms with van der Waals surface area (Å²) in [6.45, 7) is 4.53. The van der Waals surface area contributed by atoms with E-state index in [2.05, 4.69) is 4.18 Å². The topological polar surface area (TPSA) is 197 Å². The van der Waals surface area contributed by atoms with Crippen LogP contribution < -0.4 is 0 Å². The Morgan fingerprint density at radius 3 is 2.00 bits per heavy atom. The molecule has 0 heterocycles. The molecule has 12 nitrogen and oxygen atoms in total. The van der Waals surface area contributed by atoms with Crippen LogP contribution >= 0.6 is 30.4 Å². The van der Waals surface area contributed by atoms with Gasteiger partial charge in [0.15, 0.2) is 11.5 Å². The molecule has 0 bridgehead atoms. The summed E-state index contributed by atoms with van der Waals surface area (Å²) >= 11 is 2.05. The highest BCUT2D eigenvalue weighted by molar-refractivity contribution is 14.2. The third kappa shape index (κ3) is 12.2. The third-order valence-corrected chi connectivity index (χ3v) is 4.53. The first-order chi connectivity index (χ1) is 14.8. The standard InChI is InChI=1S/C10H16O5.C7H6N2O4.CH3IOS/c1-3-4-5-7(12)9(14)10(15)8(13)6(2)11;1-5-2-3-6(8(10)11)4-7(5)9(12)13;1-3-4-2/h5,11-15H,3-4H2,1-2H3;2-4H,1H3;1H3/b7-5-,8-6-,10-9-;;. The van der Waals surface area contributed by atoms with Crippen molar-refractivity contribution in [2.24, 2.45) is 0 Å². The van der Waals surface area contributed by atoms with Crippen molar-refractivity contribution in [3.05, 3.63) is 78.9 Å². The first kappa shape index (κ1) is 31.5. The van der Waals surface area contributed by atoms with Crippen molar-refractivity contribution in [2.75, 3.05) is 7.11 Å². The van der Waals surface area contributed by atoms with Crippen LogP contribution in [0.25, 0.3) is 0 Å². The average Bonchev–Trinajstić information content (AvgIpc) is 2.76. The monoisotopic (exact) mass is 588 g/mol. The summed E-state index contributed by atoms with van der Waals surface area (Å²) in [6, 6.07) is 3.55. The Labute approximate surface area is 200 Å². The summed E-state index contributed by atoms with van der Waals surface area (Å²) in [7, 11) is 2.96. The van der Waals surface area contributed by atoms with E-state index in [-0.39, 0.29) is 11.4 Å². The molecular weight excluding hydrogens is 563 g/mol. The van der Waals surface area contributed by atoms with Gasteiger partial charge in [-0.25, -0.2) is 0 Å². The molecule has 0 aliphatic rings. The molecule has 0 spiro atoms. The maximum Gasteiger partial charge on any atom is 0.279 e. The number of benzene rings is 1. The predicted octanol–water partition coefficient (Wildman–Crippen LogP) is 6.35. The highest BCUT2D eigenvalue weighted by atomic mass is 127. The highest BCUT2D eigenvalue weighted by Crippen LogP contribution is 2.23. The Morgan fingerprint density at radius 1 is 1.09 bits per heavy atom. The minimum absolute atomic E-state index is 0.228. The quantitative estimate of drug-likeness (QED) is 0.0594. The number of hydrogen-bond acceptors (Lipinski definition) is 11. The highest BCUT2D eigenvalue weighted by Gasteiger charge is 2.16. The van der Waals surface area contributed by atoms with Crippen molar-refractivity contribution in [1.29, 1.82) is 0 Å². The number of allylic oxidation sites excluding steroid dienone is 2. The number of aliphatic hydroxyl groups excluding tert-OH is 5. The molecule has 180 valence electrons. The van der Waals surface area contributed by atoms with Crippen molar-refractivity contribution in [3.63, 3.8) is 0 Å². The maximum atomic E-state index is 10.4. The van der Waals surface area contributed by atoms with E-state index >= 15 is 0 Å². The van der Waals surface area contributed by atoms with Crippen LogP contribution in [0, 0.1) is 27.2 Å². The van der Waals surface area contributed by atoms with Gasteiger partial charge in [-0.05, 0) is 32.4 Å². The molecular formula is C18H25IN2O10S. The van der Waals surface area contributed by atoms with E-state index in [1.54, 1.807) is 7.11 Å². The molecule has 0 fully saturated rings. The summed E-state index contributed by atoms with van der Waals surface area (Å²) in [4.78, 5) is 19.4. The molecule has 0 saturated carbocycles. The van der Waals surface area contributed by atoms with Crippen molar-refractivity contribution >= 4 is 41.8 Å². The molecule has 0 aliphatic carbocycles. The second-order valence-electron chi connectivity index (χ2n) is 5.72. The molecule has 0 amide bonds. The Hall–Kier alpha value is -2.72. The minimum atomic E-state index is -0.958. The zero-order valence-electron chi connectivity index (χ0n) is 17.7. The second-order valence-corrected chi connectivity index (χ2v) is 7.26. The van der Waals surface area contributed by atoms with Gasteiger partial charge in [-0.1, -0.05) is 13.3 Å². The average molecular weight is 588 g/mol. The van der Waals surface area contributed by atoms with Gasteiger partial charge in [-0.2, -0.15) is 0 Å². The van der Waals surface area contributed by atoms with E-state index in [0.29, 0.717) is 12.0 Å². The zero-order valence-corrected chi connectivity index (χ0v) is 20.7. The fraction of sp³-hybridized carbons (Fsp3) is 0.333. The molecule has 32 heavy (non-hydrogen) atoms. The van der Waals surface area contributed by atoms with E-state index in [1.807, 2.05) is 28.1 Å². The Balaban J connectivity index is 0. The van der Waals surface area contributed by atoms with Crippen LogP contribution in [0.15, 0.2) is 53.1 Å². The minimum Gasteiger partial charge on any atom is -0.509 e. The van der Waals surface area contributed by atoms with Crippen LogP contribution in [0.4, 0.5) is 11.4 Å². The van der Waals surface area contributed by atoms with Gasteiger partial charge < -0.3 is 29.7 Å². The lowest BCUT2D eigenvalue weighted by Gasteiger charge is -2.04. The number of aliphatic hydroxyl groups is 5. The Bertz CT molecular complexity index is 865. The fourth-order valence-corrected chi connectivity index (χ4v) is 1.69. The number of hydrogen-bond donors (Lipinski definition) is 5. The van der Waals surface area contributed by atoms with Crippen molar-refractivity contribution < 1.29 is 39.6 Å². The van der Waals surface area contributed by atoms with Crippen molar-refractivity contribution in [2.45, 2.75) is 33.6 Å². The van der Waals surface area contributed by atoms with Gasteiger partial charge in [0.05, 0.1) is 32.2 Å². The van der Waals surface area contributed by atoms with E-state index < -0.39 is 38.6 Å². The van der Waals surface area contributed by atoms with E-state index in [0.717, 1.165) is 19.4 Å². The lowest BCUT2D eigenvalue weighted by atomic mass is 10.2. The van der Waals surface area contributed by atoms with Crippen LogP contribution in [0.1, 0.15) is 32.3 Å². The van der Waals surface area contributed by atoms with Gasteiger partial charge in [-0.15, -0.1) is 0 Å². The number of unbranched alkanes of at least 4 members (excludes halogenated alkanes) is 1. The van der Waals surface area contributed by atoms with Crippen LogP contribution in [-0.2, 0) is 4.18 Å². The van der Waals surface area contributed by atoms with Crippen LogP contribution in [0.5, 0.6) is 0 Å². The lowest BCUT2D eigenvalue weighted by molar-refractivity contribution is -0.394. The third-order valence-electron chi connectivity index (χ3n) is 3.32. The van der Waals surface area contributed by atoms with Gasteiger partial charge in [0.1, 0.15) is 5.76 Å². The summed E-state index contributed by atoms with van der Waals surface area (Å²) in [5.41, 5.74) is -0.0814. The largest absolute Gasteiger partial charge is 0.509 e. The maximum absolute atomic E-state index is 10.4. The number of nitro benzene ring substituents is 2. The van der Waals surface area contributed by atoms with Crippen LogP contribution in [0.3, 0.4) is 0 Å². The molecule has 0 atom stereocenters. The SMILES string of the molecule is CCC/C=C(O)/C(O)=C(O)\C(O)=C(/C)O.COSI.Cc1ccc([N+](=O)[O-])cc1[N+](=O)[O-]. The van der Waals surface area contributed by atoms with Crippen molar-refractivity contribution in [3.8, 4) is 0 Å². The van der Waals surface area contributed by atoms with Crippen molar-refractivity contribution in [1.82, 2.24) is 0 Å². The molecule has 0 aliphatic heterocycles. The molecule has 1 aromatic rings. The van der Waals surface area contributed by atoms with E-state index in [4.69, 9.17) is 10.2 Å². The summed E-state index contributed by atoms with van der Waals surface area (Å²) in [5, 5.41) is 66.2. The number of aryl methyl sites for hydroxylation is 1. The smallest absolute Gasteiger partial charge is 0.279 e. The predicted molar refractivity (Wildman–Crippen MR) is 129 cm³/mol. The molecule has 0 unspecified atom stereocenters. The molecule has 0 saturated heterocycles. The van der Waals surface area contributed by atoms with Gasteiger partial charge in [0, 0.05) is 32.8 Å². The van der Waals surface area contributed by atoms with E-state index in [9.17, 15) is 35.5 Å². The number of halogens is 1. The first-order valence-corrected chi connectivity index (χ1v) is 12.0. The molecule has 5 N–H and O–H groups in total. The number of rotatable bonds is 7. The molecule has 0 radical (unpaired) electrons. The van der Waals surface area contributed by atoms with Gasteiger partial charge in [-0.3, -0.25) is 20.2 Å². The molecule has 14 heteroatoms. The Kier molecular flexibility index (Phi) is 16.6. The first-order valence-electron chi connectivity index (χ1n) is 8.67. The summed E-state index contributed by atoms with van der Waals surface area (Å²) in [5.74, 6) is -3.79. The Morgan fingerprint density at radius 2 is 1.62 bits per heavy atom. The fourth-order valence-electron chi connectivity index (χ4n) is 1.69. The summed E-state index contributed by atoms with van der Waals surface area (Å²) < 4.78 is 4.44. The van der Waals surface area contributed by atoms with E-state index in [1.165, 1.54) is 34.3 Å². The number of nitro groups is 2. The summed E-state index contributed by atoms with van der Waals surface area (Å²) in [6.07, 6.45) is 2.58. The van der Waals surface area contributed by atoms with Crippen LogP contribution in [-0.4, -0.2) is 42.5 Å². The lowest BCUT2D eigenvalue weighted by Crippen LogP contribution is -1.99. The van der Waals surface area contributed by atoms with Gasteiger partial charge in [0.2, 0.25) is 11.5 Å². The normalized spacial score (nSPS) is 12.2. The molecule has 1 aromatic carbocycles. The van der Waals surface area contributed by atoms with Crippen LogP contribution in [0.2, 0.25) is 0 Å². The second kappa shape index (κ2) is 16.9. The number of non-ortho nitro benzene ring substituents is 1.